The molecule has 1 aliphatic heterocycles. The summed E-state index contributed by atoms with van der Waals surface area (Å²) in [5.41, 5.74) is 0. The number of Topliss-reactive ketones (excluding diaryl/α,β-unsaturated/α-hetero) is 1. The lowest BCUT2D eigenvalue weighted by Gasteiger charge is -2.25. The number of hydrogen-bond donors (Lipinski definition) is 0. The number of likely N-dealkylation sites (tertiary alicyclic amines) is 1. The Labute approximate surface area is 147 Å². The molecule has 0 radical (unpaired) electrons. The minimum absolute atomic E-state index is 0.0444. The largest absolute Gasteiger partial charge is 0.377 e. The number of carbonyl (C=O) groups excluding carboxylic acids is 2. The topological polar surface area (TPSA) is 55.8 Å². The Bertz CT molecular complexity index is 406. The van der Waals surface area contributed by atoms with Crippen LogP contribution in [0.15, 0.2) is 0 Å². The molecular weight excluding hydrogens is 306 g/mol. The maximum atomic E-state index is 12.6. The van der Waals surface area contributed by atoms with Crippen LogP contribution in [0.2, 0.25) is 0 Å². The molecule has 1 rings (SSSR count). The van der Waals surface area contributed by atoms with Crippen molar-refractivity contribution in [3.05, 3.63) is 0 Å². The second kappa shape index (κ2) is 10.1. The number of rotatable bonds is 10. The minimum Gasteiger partial charge on any atom is -0.377 e. The molecular formula is C19H35NO4. The summed E-state index contributed by atoms with van der Waals surface area (Å²) in [6.07, 6.45) is 2.73. The van der Waals surface area contributed by atoms with E-state index in [1.807, 2.05) is 46.4 Å². The van der Waals surface area contributed by atoms with E-state index in [1.54, 1.807) is 0 Å². The lowest BCUT2D eigenvalue weighted by molar-refractivity contribution is -0.134. The molecule has 2 atom stereocenters. The molecule has 1 saturated heterocycles. The highest BCUT2D eigenvalue weighted by atomic mass is 16.5. The molecule has 0 saturated carbocycles. The molecule has 1 heterocycles. The van der Waals surface area contributed by atoms with E-state index in [-0.39, 0.29) is 42.0 Å². The van der Waals surface area contributed by atoms with Crippen molar-refractivity contribution in [2.45, 2.75) is 91.6 Å². The van der Waals surface area contributed by atoms with Crippen LogP contribution in [0.25, 0.3) is 0 Å². The van der Waals surface area contributed by atoms with Gasteiger partial charge in [-0.15, -0.1) is 0 Å². The Morgan fingerprint density at radius 1 is 1.04 bits per heavy atom. The monoisotopic (exact) mass is 341 g/mol. The summed E-state index contributed by atoms with van der Waals surface area (Å²) in [6, 6.07) is 0.0736. The van der Waals surface area contributed by atoms with E-state index in [9.17, 15) is 9.59 Å². The smallest absolute Gasteiger partial charge is 0.223 e. The first kappa shape index (κ1) is 21.1. The zero-order valence-electron chi connectivity index (χ0n) is 16.2. The van der Waals surface area contributed by atoms with Gasteiger partial charge in [0, 0.05) is 25.3 Å². The molecule has 1 aliphatic rings. The predicted octanol–water partition coefficient (Wildman–Crippen LogP) is 3.20. The van der Waals surface area contributed by atoms with Gasteiger partial charge in [0.25, 0.3) is 0 Å². The normalized spacial score (nSPS) is 21.3. The average molecular weight is 341 g/mol. The summed E-state index contributed by atoms with van der Waals surface area (Å²) in [5.74, 6) is 0.381. The fraction of sp³-hybridized carbons (Fsp3) is 0.895. The molecule has 24 heavy (non-hydrogen) atoms. The highest BCUT2D eigenvalue weighted by Crippen LogP contribution is 2.23. The van der Waals surface area contributed by atoms with Crippen LogP contribution in [0.1, 0.15) is 67.2 Å². The highest BCUT2D eigenvalue weighted by Gasteiger charge is 2.36. The number of ketones is 1. The van der Waals surface area contributed by atoms with Crippen molar-refractivity contribution in [2.24, 2.45) is 5.92 Å². The Kier molecular flexibility index (Phi) is 8.92. The van der Waals surface area contributed by atoms with Crippen LogP contribution in [-0.4, -0.2) is 54.1 Å². The van der Waals surface area contributed by atoms with Crippen molar-refractivity contribution in [3.63, 3.8) is 0 Å². The molecule has 5 heteroatoms. The number of ether oxygens (including phenoxy) is 2. The van der Waals surface area contributed by atoms with Crippen LogP contribution in [0, 0.1) is 5.92 Å². The molecule has 0 spiro atoms. The van der Waals surface area contributed by atoms with E-state index in [0.29, 0.717) is 32.4 Å². The zero-order valence-corrected chi connectivity index (χ0v) is 16.2. The summed E-state index contributed by atoms with van der Waals surface area (Å²) >= 11 is 0. The van der Waals surface area contributed by atoms with E-state index in [0.717, 1.165) is 6.42 Å². The van der Waals surface area contributed by atoms with Crippen LogP contribution >= 0.6 is 0 Å². The molecule has 0 aliphatic carbocycles. The molecule has 1 unspecified atom stereocenters. The van der Waals surface area contributed by atoms with Gasteiger partial charge in [-0.2, -0.15) is 0 Å². The molecule has 0 aromatic carbocycles. The SMILES string of the molecule is CC(C)OCC1C[C@@H](OC(C)C)CN1C(=O)CCCC(=O)C(C)C. The van der Waals surface area contributed by atoms with E-state index in [4.69, 9.17) is 9.47 Å². The van der Waals surface area contributed by atoms with Gasteiger partial charge in [-0.25, -0.2) is 0 Å². The van der Waals surface area contributed by atoms with Crippen molar-refractivity contribution >= 4 is 11.7 Å². The molecule has 0 bridgehead atoms. The van der Waals surface area contributed by atoms with Gasteiger partial charge < -0.3 is 14.4 Å². The molecule has 5 nitrogen and oxygen atoms in total. The molecule has 0 aromatic rings. The fourth-order valence-electron chi connectivity index (χ4n) is 2.97. The van der Waals surface area contributed by atoms with Gasteiger partial charge in [0.05, 0.1) is 31.0 Å². The van der Waals surface area contributed by atoms with Crippen LogP contribution < -0.4 is 0 Å². The van der Waals surface area contributed by atoms with Gasteiger partial charge in [-0.3, -0.25) is 9.59 Å². The van der Waals surface area contributed by atoms with Crippen LogP contribution in [0.5, 0.6) is 0 Å². The van der Waals surface area contributed by atoms with Crippen LogP contribution in [0.4, 0.5) is 0 Å². The standard InChI is InChI=1S/C19H35NO4/c1-13(2)18(21)8-7-9-19(22)20-11-17(24-15(5)6)10-16(20)12-23-14(3)4/h13-17H,7-12H2,1-6H3/t16?,17-/m1/s1. The maximum absolute atomic E-state index is 12.6. The van der Waals surface area contributed by atoms with Crippen molar-refractivity contribution in [2.75, 3.05) is 13.2 Å². The molecule has 1 amide bonds. The number of hydrogen-bond acceptors (Lipinski definition) is 4. The Hall–Kier alpha value is -0.940. The summed E-state index contributed by atoms with van der Waals surface area (Å²) in [5, 5.41) is 0. The van der Waals surface area contributed by atoms with Gasteiger partial charge in [-0.05, 0) is 40.5 Å². The number of amides is 1. The fourth-order valence-corrected chi connectivity index (χ4v) is 2.97. The first-order valence-corrected chi connectivity index (χ1v) is 9.29. The second-order valence-electron chi connectivity index (χ2n) is 7.60. The Morgan fingerprint density at radius 3 is 2.25 bits per heavy atom. The number of nitrogens with zero attached hydrogens (tertiary/aromatic N) is 1. The third-order valence-corrected chi connectivity index (χ3v) is 4.24. The zero-order chi connectivity index (χ0) is 18.3. The summed E-state index contributed by atoms with van der Waals surface area (Å²) in [4.78, 5) is 26.2. The van der Waals surface area contributed by atoms with Gasteiger partial charge in [0.15, 0.2) is 0 Å². The van der Waals surface area contributed by atoms with E-state index in [2.05, 4.69) is 0 Å². The second-order valence-corrected chi connectivity index (χ2v) is 7.60. The first-order valence-electron chi connectivity index (χ1n) is 9.29. The van der Waals surface area contributed by atoms with E-state index < -0.39 is 0 Å². The van der Waals surface area contributed by atoms with Crippen molar-refractivity contribution in [1.82, 2.24) is 4.90 Å². The van der Waals surface area contributed by atoms with Gasteiger partial charge in [0.1, 0.15) is 5.78 Å². The highest BCUT2D eigenvalue weighted by molar-refractivity contribution is 5.81. The van der Waals surface area contributed by atoms with Crippen LogP contribution in [0.3, 0.4) is 0 Å². The van der Waals surface area contributed by atoms with E-state index >= 15 is 0 Å². The van der Waals surface area contributed by atoms with E-state index in [1.165, 1.54) is 0 Å². The number of carbonyl (C=O) groups is 2. The van der Waals surface area contributed by atoms with Crippen molar-refractivity contribution in [1.29, 1.82) is 0 Å². The quantitative estimate of drug-likeness (QED) is 0.612. The Balaban J connectivity index is 2.55. The maximum Gasteiger partial charge on any atom is 0.223 e. The van der Waals surface area contributed by atoms with Crippen LogP contribution in [-0.2, 0) is 19.1 Å². The van der Waals surface area contributed by atoms with Gasteiger partial charge in [-0.1, -0.05) is 13.8 Å². The lowest BCUT2D eigenvalue weighted by atomic mass is 10.0. The summed E-state index contributed by atoms with van der Waals surface area (Å²) in [7, 11) is 0. The first-order chi connectivity index (χ1) is 11.2. The van der Waals surface area contributed by atoms with Gasteiger partial charge >= 0.3 is 0 Å². The average Bonchev–Trinajstić information content (AvgIpc) is 2.86. The van der Waals surface area contributed by atoms with Gasteiger partial charge in [0.2, 0.25) is 5.91 Å². The van der Waals surface area contributed by atoms with Crippen molar-refractivity contribution < 1.29 is 19.1 Å². The third kappa shape index (κ3) is 7.31. The predicted molar refractivity (Wildman–Crippen MR) is 94.9 cm³/mol. The minimum atomic E-state index is 0.0444. The lowest BCUT2D eigenvalue weighted by Crippen LogP contribution is -2.39. The van der Waals surface area contributed by atoms with Crippen molar-refractivity contribution in [3.8, 4) is 0 Å². The molecule has 1 fully saturated rings. The Morgan fingerprint density at radius 2 is 1.71 bits per heavy atom. The summed E-state index contributed by atoms with van der Waals surface area (Å²) < 4.78 is 11.6. The third-order valence-electron chi connectivity index (χ3n) is 4.24. The molecule has 0 aromatic heterocycles. The molecule has 0 N–H and O–H groups in total. The molecule has 140 valence electrons. The summed E-state index contributed by atoms with van der Waals surface area (Å²) in [6.45, 7) is 13.0.